The molecule has 0 spiro atoms. The molecular formula is C26H21N3O. The third-order valence-electron chi connectivity index (χ3n) is 5.07. The molecule has 0 radical (unpaired) electrons. The first-order chi connectivity index (χ1) is 14.7. The third kappa shape index (κ3) is 4.01. The van der Waals surface area contributed by atoms with Gasteiger partial charge in [0, 0.05) is 23.3 Å². The van der Waals surface area contributed by atoms with Gasteiger partial charge in [0.25, 0.3) is 5.91 Å². The molecule has 1 N–H and O–H groups in total. The largest absolute Gasteiger partial charge is 0.321 e. The van der Waals surface area contributed by atoms with Gasteiger partial charge in [-0.3, -0.25) is 4.79 Å². The van der Waals surface area contributed by atoms with Crippen LogP contribution in [0.2, 0.25) is 0 Å². The summed E-state index contributed by atoms with van der Waals surface area (Å²) in [7, 11) is 0. The molecule has 0 fully saturated rings. The van der Waals surface area contributed by atoms with Gasteiger partial charge in [-0.2, -0.15) is 5.26 Å². The first kappa shape index (κ1) is 19.2. The lowest BCUT2D eigenvalue weighted by molar-refractivity contribution is -0.112. The Morgan fingerprint density at radius 1 is 1.00 bits per heavy atom. The molecule has 4 nitrogen and oxygen atoms in total. The number of nitriles is 1. The Balaban J connectivity index is 1.62. The SMILES string of the molecule is CCc1ccc(NC(=O)/C(C#N)=C\c2cccn2-c2ccc3ccccc3c2)cc1. The van der Waals surface area contributed by atoms with Crippen LogP contribution in [0, 0.1) is 11.3 Å². The van der Waals surface area contributed by atoms with Crippen LogP contribution in [0.3, 0.4) is 0 Å². The molecule has 1 amide bonds. The predicted octanol–water partition coefficient (Wildman–Crippen LogP) is 5.74. The molecule has 4 heteroatoms. The fourth-order valence-corrected chi connectivity index (χ4v) is 3.39. The Morgan fingerprint density at radius 3 is 2.50 bits per heavy atom. The van der Waals surface area contributed by atoms with E-state index in [1.165, 1.54) is 5.56 Å². The fraction of sp³-hybridized carbons (Fsp3) is 0.0769. The van der Waals surface area contributed by atoms with Gasteiger partial charge in [0.1, 0.15) is 11.6 Å². The van der Waals surface area contributed by atoms with Gasteiger partial charge in [-0.15, -0.1) is 0 Å². The summed E-state index contributed by atoms with van der Waals surface area (Å²) in [4.78, 5) is 12.6. The number of benzene rings is 3. The standard InChI is InChI=1S/C26H21N3O/c1-2-19-9-12-23(13-10-19)28-26(30)22(18-27)17-24-8-5-15-29(24)25-14-11-20-6-3-4-7-21(20)16-25/h3-17H,2H2,1H3,(H,28,30)/b22-17-. The minimum Gasteiger partial charge on any atom is -0.321 e. The summed E-state index contributed by atoms with van der Waals surface area (Å²) < 4.78 is 1.97. The predicted molar refractivity (Wildman–Crippen MR) is 121 cm³/mol. The second kappa shape index (κ2) is 8.50. The maximum atomic E-state index is 12.6. The van der Waals surface area contributed by atoms with E-state index in [2.05, 4.69) is 36.5 Å². The summed E-state index contributed by atoms with van der Waals surface area (Å²) in [5.41, 5.74) is 3.65. The normalized spacial score (nSPS) is 11.3. The third-order valence-corrected chi connectivity index (χ3v) is 5.07. The lowest BCUT2D eigenvalue weighted by Gasteiger charge is -2.09. The van der Waals surface area contributed by atoms with Gasteiger partial charge in [0.2, 0.25) is 0 Å². The maximum Gasteiger partial charge on any atom is 0.266 e. The van der Waals surface area contributed by atoms with Crippen molar-refractivity contribution in [2.75, 3.05) is 5.32 Å². The van der Waals surface area contributed by atoms with E-state index in [9.17, 15) is 10.1 Å². The molecule has 0 saturated heterocycles. The van der Waals surface area contributed by atoms with Gasteiger partial charge in [-0.1, -0.05) is 49.4 Å². The second-order valence-electron chi connectivity index (χ2n) is 7.01. The molecule has 4 aromatic rings. The highest BCUT2D eigenvalue weighted by atomic mass is 16.1. The van der Waals surface area contributed by atoms with Gasteiger partial charge in [0.15, 0.2) is 0 Å². The average Bonchev–Trinajstić information content (AvgIpc) is 3.25. The van der Waals surface area contributed by atoms with Crippen molar-refractivity contribution < 1.29 is 4.79 Å². The lowest BCUT2D eigenvalue weighted by atomic mass is 10.1. The number of carbonyl (C=O) groups excluding carboxylic acids is 1. The molecule has 0 unspecified atom stereocenters. The zero-order valence-electron chi connectivity index (χ0n) is 16.7. The topological polar surface area (TPSA) is 57.8 Å². The molecule has 3 aromatic carbocycles. The number of nitrogens with one attached hydrogen (secondary N) is 1. The minimum absolute atomic E-state index is 0.0512. The lowest BCUT2D eigenvalue weighted by Crippen LogP contribution is -2.13. The van der Waals surface area contributed by atoms with Crippen molar-refractivity contribution in [3.63, 3.8) is 0 Å². The molecule has 1 heterocycles. The summed E-state index contributed by atoms with van der Waals surface area (Å²) in [6.07, 6.45) is 4.47. The number of aryl methyl sites for hydroxylation is 1. The van der Waals surface area contributed by atoms with Crippen molar-refractivity contribution in [2.24, 2.45) is 0 Å². The molecule has 0 aliphatic heterocycles. The number of hydrogen-bond donors (Lipinski definition) is 1. The molecule has 30 heavy (non-hydrogen) atoms. The summed E-state index contributed by atoms with van der Waals surface area (Å²) >= 11 is 0. The van der Waals surface area contributed by atoms with Gasteiger partial charge < -0.3 is 9.88 Å². The van der Waals surface area contributed by atoms with Crippen LogP contribution in [0.1, 0.15) is 18.2 Å². The minimum atomic E-state index is -0.423. The fourth-order valence-electron chi connectivity index (χ4n) is 3.39. The Morgan fingerprint density at radius 2 is 1.77 bits per heavy atom. The second-order valence-corrected chi connectivity index (χ2v) is 7.01. The van der Waals surface area contributed by atoms with E-state index in [0.29, 0.717) is 5.69 Å². The Bertz CT molecular complexity index is 1270. The first-order valence-electron chi connectivity index (χ1n) is 9.86. The number of hydrogen-bond acceptors (Lipinski definition) is 2. The highest BCUT2D eigenvalue weighted by Crippen LogP contribution is 2.21. The van der Waals surface area contributed by atoms with Crippen molar-refractivity contribution >= 4 is 28.4 Å². The van der Waals surface area contributed by atoms with Gasteiger partial charge in [0.05, 0.1) is 0 Å². The van der Waals surface area contributed by atoms with Crippen LogP contribution in [-0.4, -0.2) is 10.5 Å². The zero-order chi connectivity index (χ0) is 20.9. The monoisotopic (exact) mass is 391 g/mol. The molecule has 1 aromatic heterocycles. The number of amides is 1. The smallest absolute Gasteiger partial charge is 0.266 e. The van der Waals surface area contributed by atoms with Crippen LogP contribution in [0.4, 0.5) is 5.69 Å². The Hall–Kier alpha value is -4.10. The highest BCUT2D eigenvalue weighted by molar-refractivity contribution is 6.09. The molecule has 146 valence electrons. The van der Waals surface area contributed by atoms with Crippen LogP contribution in [0.25, 0.3) is 22.5 Å². The summed E-state index contributed by atoms with van der Waals surface area (Å²) in [5, 5.41) is 14.7. The van der Waals surface area contributed by atoms with E-state index in [0.717, 1.165) is 28.6 Å². The van der Waals surface area contributed by atoms with Crippen molar-refractivity contribution in [3.05, 3.63) is 102 Å². The average molecular weight is 391 g/mol. The summed E-state index contributed by atoms with van der Waals surface area (Å²) in [6.45, 7) is 2.08. The highest BCUT2D eigenvalue weighted by Gasteiger charge is 2.11. The molecule has 0 atom stereocenters. The zero-order valence-corrected chi connectivity index (χ0v) is 16.7. The number of nitrogens with zero attached hydrogens (tertiary/aromatic N) is 2. The van der Waals surface area contributed by atoms with Gasteiger partial charge in [-0.05, 0) is 65.2 Å². The van der Waals surface area contributed by atoms with E-state index < -0.39 is 5.91 Å². The summed E-state index contributed by atoms with van der Waals surface area (Å²) in [6, 6.07) is 27.8. The van der Waals surface area contributed by atoms with E-state index >= 15 is 0 Å². The molecule has 0 aliphatic rings. The van der Waals surface area contributed by atoms with E-state index in [4.69, 9.17) is 0 Å². The van der Waals surface area contributed by atoms with E-state index in [1.807, 2.05) is 71.4 Å². The van der Waals surface area contributed by atoms with Crippen LogP contribution >= 0.6 is 0 Å². The van der Waals surface area contributed by atoms with E-state index in [1.54, 1.807) is 6.08 Å². The van der Waals surface area contributed by atoms with Crippen LogP contribution in [-0.2, 0) is 11.2 Å². The quantitative estimate of drug-likeness (QED) is 0.348. The first-order valence-corrected chi connectivity index (χ1v) is 9.86. The Labute approximate surface area is 175 Å². The van der Waals surface area contributed by atoms with Gasteiger partial charge >= 0.3 is 0 Å². The Kier molecular flexibility index (Phi) is 5.45. The molecule has 0 bridgehead atoms. The number of carbonyl (C=O) groups is 1. The van der Waals surface area contributed by atoms with Crippen molar-refractivity contribution in [1.29, 1.82) is 5.26 Å². The van der Waals surface area contributed by atoms with Crippen molar-refractivity contribution in [1.82, 2.24) is 4.57 Å². The molecule has 4 rings (SSSR count). The summed E-state index contributed by atoms with van der Waals surface area (Å²) in [5.74, 6) is -0.423. The molecule has 0 aliphatic carbocycles. The van der Waals surface area contributed by atoms with Crippen molar-refractivity contribution in [2.45, 2.75) is 13.3 Å². The van der Waals surface area contributed by atoms with Crippen LogP contribution in [0.15, 0.2) is 90.6 Å². The molecular weight excluding hydrogens is 370 g/mol. The maximum absolute atomic E-state index is 12.6. The number of fused-ring (bicyclic) bond motifs is 1. The number of rotatable bonds is 5. The van der Waals surface area contributed by atoms with Crippen LogP contribution in [0.5, 0.6) is 0 Å². The van der Waals surface area contributed by atoms with E-state index in [-0.39, 0.29) is 5.57 Å². The van der Waals surface area contributed by atoms with Crippen molar-refractivity contribution in [3.8, 4) is 11.8 Å². The number of anilines is 1. The molecule has 0 saturated carbocycles. The number of aromatic nitrogens is 1. The van der Waals surface area contributed by atoms with Crippen LogP contribution < -0.4 is 5.32 Å². The van der Waals surface area contributed by atoms with Gasteiger partial charge in [-0.25, -0.2) is 0 Å².